The topological polar surface area (TPSA) is 63.0 Å². The van der Waals surface area contributed by atoms with Gasteiger partial charge in [0.15, 0.2) is 0 Å². The molecule has 1 rings (SSSR count). The Bertz CT molecular complexity index is 316. The largest absolute Gasteiger partial charge is 0.460 e. The van der Waals surface area contributed by atoms with E-state index in [0.29, 0.717) is 0 Å². The van der Waals surface area contributed by atoms with E-state index in [4.69, 9.17) is 10.00 Å². The Kier molecular flexibility index (Phi) is 3.45. The average Bonchev–Trinajstić information content (AvgIpc) is 2.17. The van der Waals surface area contributed by atoms with Gasteiger partial charge in [-0.15, -0.1) is 0 Å². The Morgan fingerprint density at radius 3 is 2.85 bits per heavy atom. The summed E-state index contributed by atoms with van der Waals surface area (Å²) in [5.74, 6) is -0.501. The molecule has 0 aliphatic heterocycles. The van der Waals surface area contributed by atoms with Gasteiger partial charge in [0.1, 0.15) is 13.0 Å². The third kappa shape index (κ3) is 3.34. The van der Waals surface area contributed by atoms with Crippen LogP contribution in [0.4, 0.5) is 0 Å². The van der Waals surface area contributed by atoms with E-state index in [1.807, 2.05) is 0 Å². The number of carbonyl (C=O) groups excluding carboxylic acids is 1. The van der Waals surface area contributed by atoms with Gasteiger partial charge in [-0.3, -0.25) is 9.78 Å². The summed E-state index contributed by atoms with van der Waals surface area (Å²) in [7, 11) is 0. The van der Waals surface area contributed by atoms with Crippen LogP contribution < -0.4 is 0 Å². The summed E-state index contributed by atoms with van der Waals surface area (Å²) < 4.78 is 4.78. The number of aromatic nitrogens is 1. The van der Waals surface area contributed by atoms with E-state index in [-0.39, 0.29) is 13.0 Å². The number of nitrogens with zero attached hydrogens (tertiary/aromatic N) is 2. The summed E-state index contributed by atoms with van der Waals surface area (Å²) in [4.78, 5) is 14.6. The van der Waals surface area contributed by atoms with Crippen molar-refractivity contribution in [2.24, 2.45) is 0 Å². The summed E-state index contributed by atoms with van der Waals surface area (Å²) >= 11 is 0. The summed E-state index contributed by atoms with van der Waals surface area (Å²) in [5, 5.41) is 8.17. The van der Waals surface area contributed by atoms with Crippen LogP contribution in [-0.2, 0) is 16.1 Å². The van der Waals surface area contributed by atoms with Gasteiger partial charge in [0.05, 0.1) is 6.07 Å². The van der Waals surface area contributed by atoms with Gasteiger partial charge in [0, 0.05) is 12.4 Å². The Balaban J connectivity index is 2.36. The van der Waals surface area contributed by atoms with Crippen LogP contribution in [0.3, 0.4) is 0 Å². The zero-order valence-electron chi connectivity index (χ0n) is 6.93. The van der Waals surface area contributed by atoms with Gasteiger partial charge in [0.25, 0.3) is 0 Å². The Morgan fingerprint density at radius 2 is 2.23 bits per heavy atom. The zero-order valence-corrected chi connectivity index (χ0v) is 6.93. The van der Waals surface area contributed by atoms with Crippen molar-refractivity contribution in [1.82, 2.24) is 4.98 Å². The standard InChI is InChI=1S/C9H8N2O2/c10-4-1-9(12)13-7-8-2-5-11-6-3-8/h2-3,5-6H,1,7H2. The van der Waals surface area contributed by atoms with E-state index in [9.17, 15) is 4.79 Å². The molecule has 0 bridgehead atoms. The Hall–Kier alpha value is -1.89. The molecule has 0 radical (unpaired) electrons. The minimum absolute atomic E-state index is 0.197. The van der Waals surface area contributed by atoms with Crippen molar-refractivity contribution in [3.05, 3.63) is 30.1 Å². The minimum Gasteiger partial charge on any atom is -0.460 e. The first kappa shape index (κ1) is 9.20. The van der Waals surface area contributed by atoms with Crippen LogP contribution in [0.1, 0.15) is 12.0 Å². The van der Waals surface area contributed by atoms with Gasteiger partial charge in [-0.2, -0.15) is 5.26 Å². The van der Waals surface area contributed by atoms with Gasteiger partial charge in [-0.1, -0.05) is 0 Å². The molecular formula is C9H8N2O2. The van der Waals surface area contributed by atoms with E-state index >= 15 is 0 Å². The number of rotatable bonds is 3. The maximum absolute atomic E-state index is 10.8. The second kappa shape index (κ2) is 4.88. The molecule has 0 unspecified atom stereocenters. The first-order chi connectivity index (χ1) is 6.33. The van der Waals surface area contributed by atoms with Crippen molar-refractivity contribution in [3.8, 4) is 6.07 Å². The number of carbonyl (C=O) groups is 1. The molecular weight excluding hydrogens is 168 g/mol. The molecule has 1 aromatic heterocycles. The third-order valence-corrected chi connectivity index (χ3v) is 1.37. The van der Waals surface area contributed by atoms with E-state index in [0.717, 1.165) is 5.56 Å². The van der Waals surface area contributed by atoms with Crippen molar-refractivity contribution in [1.29, 1.82) is 5.26 Å². The van der Waals surface area contributed by atoms with E-state index in [2.05, 4.69) is 4.98 Å². The van der Waals surface area contributed by atoms with Gasteiger partial charge in [-0.05, 0) is 17.7 Å². The molecule has 13 heavy (non-hydrogen) atoms. The number of pyridine rings is 1. The van der Waals surface area contributed by atoms with Crippen LogP contribution in [0, 0.1) is 11.3 Å². The molecule has 0 spiro atoms. The lowest BCUT2D eigenvalue weighted by Gasteiger charge is -2.00. The number of ether oxygens (including phenoxy) is 1. The Morgan fingerprint density at radius 1 is 1.54 bits per heavy atom. The lowest BCUT2D eigenvalue weighted by molar-refractivity contribution is -0.143. The van der Waals surface area contributed by atoms with Gasteiger partial charge < -0.3 is 4.74 Å². The van der Waals surface area contributed by atoms with Gasteiger partial charge >= 0.3 is 5.97 Å². The van der Waals surface area contributed by atoms with Crippen LogP contribution in [0.2, 0.25) is 0 Å². The molecule has 66 valence electrons. The SMILES string of the molecule is N#CCC(=O)OCc1ccncc1. The molecule has 0 aliphatic rings. The van der Waals surface area contributed by atoms with Gasteiger partial charge in [0.2, 0.25) is 0 Å². The fourth-order valence-corrected chi connectivity index (χ4v) is 0.758. The third-order valence-electron chi connectivity index (χ3n) is 1.37. The minimum atomic E-state index is -0.501. The highest BCUT2D eigenvalue weighted by Gasteiger charge is 2.00. The van der Waals surface area contributed by atoms with Crippen molar-refractivity contribution in [3.63, 3.8) is 0 Å². The number of nitriles is 1. The highest BCUT2D eigenvalue weighted by molar-refractivity contribution is 5.71. The molecule has 0 saturated heterocycles. The fraction of sp³-hybridized carbons (Fsp3) is 0.222. The first-order valence-electron chi connectivity index (χ1n) is 3.74. The molecule has 4 heteroatoms. The maximum atomic E-state index is 10.8. The average molecular weight is 176 g/mol. The highest BCUT2D eigenvalue weighted by atomic mass is 16.5. The van der Waals surface area contributed by atoms with Gasteiger partial charge in [-0.25, -0.2) is 0 Å². The smallest absolute Gasteiger partial charge is 0.320 e. The van der Waals surface area contributed by atoms with Crippen LogP contribution in [0.25, 0.3) is 0 Å². The summed E-state index contributed by atoms with van der Waals surface area (Å²) in [6.45, 7) is 0.197. The second-order valence-electron chi connectivity index (χ2n) is 2.35. The highest BCUT2D eigenvalue weighted by Crippen LogP contribution is 1.99. The van der Waals surface area contributed by atoms with E-state index < -0.39 is 5.97 Å². The lowest BCUT2D eigenvalue weighted by atomic mass is 10.3. The van der Waals surface area contributed by atoms with Crippen molar-refractivity contribution < 1.29 is 9.53 Å². The van der Waals surface area contributed by atoms with Crippen LogP contribution in [0.15, 0.2) is 24.5 Å². The predicted molar refractivity (Wildman–Crippen MR) is 44.3 cm³/mol. The van der Waals surface area contributed by atoms with Crippen LogP contribution in [-0.4, -0.2) is 11.0 Å². The predicted octanol–water partition coefficient (Wildman–Crippen LogP) is 1.04. The molecule has 1 aromatic rings. The van der Waals surface area contributed by atoms with Crippen molar-refractivity contribution in [2.75, 3.05) is 0 Å². The first-order valence-corrected chi connectivity index (χ1v) is 3.74. The number of hydrogen-bond donors (Lipinski definition) is 0. The number of esters is 1. The van der Waals surface area contributed by atoms with Crippen molar-refractivity contribution >= 4 is 5.97 Å². The van der Waals surface area contributed by atoms with Crippen LogP contribution in [0.5, 0.6) is 0 Å². The van der Waals surface area contributed by atoms with E-state index in [1.54, 1.807) is 30.6 Å². The molecule has 4 nitrogen and oxygen atoms in total. The maximum Gasteiger partial charge on any atom is 0.320 e. The summed E-state index contributed by atoms with van der Waals surface area (Å²) in [6, 6.07) is 5.22. The molecule has 0 aromatic carbocycles. The molecule has 0 aliphatic carbocycles. The molecule has 0 amide bonds. The normalized spacial score (nSPS) is 8.85. The molecule has 0 atom stereocenters. The molecule has 1 heterocycles. The van der Waals surface area contributed by atoms with E-state index in [1.165, 1.54) is 0 Å². The number of hydrogen-bond acceptors (Lipinski definition) is 4. The Labute approximate surface area is 75.8 Å². The molecule has 0 saturated carbocycles. The second-order valence-corrected chi connectivity index (χ2v) is 2.35. The molecule has 0 fully saturated rings. The van der Waals surface area contributed by atoms with Crippen molar-refractivity contribution in [2.45, 2.75) is 13.0 Å². The zero-order chi connectivity index (χ0) is 9.52. The summed E-state index contributed by atoms with van der Waals surface area (Å²) in [6.07, 6.45) is 3.03. The summed E-state index contributed by atoms with van der Waals surface area (Å²) in [5.41, 5.74) is 0.862. The van der Waals surface area contributed by atoms with Crippen LogP contribution >= 0.6 is 0 Å². The monoisotopic (exact) mass is 176 g/mol. The molecule has 0 N–H and O–H groups in total. The lowest BCUT2D eigenvalue weighted by Crippen LogP contribution is -2.02. The fourth-order valence-electron chi connectivity index (χ4n) is 0.758. The quantitative estimate of drug-likeness (QED) is 0.645.